The van der Waals surface area contributed by atoms with Crippen LogP contribution in [0.15, 0.2) is 6.07 Å². The van der Waals surface area contributed by atoms with Crippen molar-refractivity contribution in [1.29, 1.82) is 0 Å². The number of phenols is 1. The van der Waals surface area contributed by atoms with Gasteiger partial charge in [0.2, 0.25) is 6.79 Å². The molecule has 64 valence electrons. The maximum atomic E-state index is 9.41. The van der Waals surface area contributed by atoms with Crippen molar-refractivity contribution in [2.75, 3.05) is 12.5 Å². The summed E-state index contributed by atoms with van der Waals surface area (Å²) in [4.78, 5) is 0. The van der Waals surface area contributed by atoms with E-state index in [0.717, 1.165) is 0 Å². The summed E-state index contributed by atoms with van der Waals surface area (Å²) in [5.74, 6) is 1.25. The molecular weight excluding hydrogens is 158 g/mol. The van der Waals surface area contributed by atoms with Crippen LogP contribution in [-0.4, -0.2) is 11.9 Å². The molecule has 4 nitrogen and oxygen atoms in total. The van der Waals surface area contributed by atoms with Crippen molar-refractivity contribution in [2.45, 2.75) is 6.92 Å². The second-order valence-electron chi connectivity index (χ2n) is 2.67. The Morgan fingerprint density at radius 3 is 3.00 bits per heavy atom. The number of benzene rings is 1. The Balaban J connectivity index is 2.67. The van der Waals surface area contributed by atoms with Gasteiger partial charge in [-0.1, -0.05) is 0 Å². The first-order valence-corrected chi connectivity index (χ1v) is 3.58. The van der Waals surface area contributed by atoms with E-state index < -0.39 is 0 Å². The molecule has 0 amide bonds. The second kappa shape index (κ2) is 2.20. The number of hydrogen-bond donors (Lipinski definition) is 2. The molecule has 0 fully saturated rings. The fourth-order valence-corrected chi connectivity index (χ4v) is 1.22. The van der Waals surface area contributed by atoms with Crippen LogP contribution >= 0.6 is 0 Å². The van der Waals surface area contributed by atoms with Crippen LogP contribution in [0.2, 0.25) is 0 Å². The smallest absolute Gasteiger partial charge is 0.231 e. The maximum Gasteiger partial charge on any atom is 0.231 e. The molecule has 0 unspecified atom stereocenters. The highest BCUT2D eigenvalue weighted by atomic mass is 16.7. The Kier molecular flexibility index (Phi) is 1.30. The summed E-state index contributed by atoms with van der Waals surface area (Å²) < 4.78 is 10.2. The Morgan fingerprint density at radius 2 is 2.25 bits per heavy atom. The molecule has 0 aliphatic carbocycles. The van der Waals surface area contributed by atoms with E-state index in [9.17, 15) is 5.11 Å². The van der Waals surface area contributed by atoms with E-state index in [1.165, 1.54) is 0 Å². The zero-order valence-corrected chi connectivity index (χ0v) is 6.63. The van der Waals surface area contributed by atoms with Crippen molar-refractivity contribution in [3.63, 3.8) is 0 Å². The molecular formula is C8H9NO3. The van der Waals surface area contributed by atoms with E-state index in [2.05, 4.69) is 0 Å². The van der Waals surface area contributed by atoms with E-state index in [1.807, 2.05) is 0 Å². The van der Waals surface area contributed by atoms with E-state index in [1.54, 1.807) is 13.0 Å². The third-order valence-electron chi connectivity index (χ3n) is 1.90. The van der Waals surface area contributed by atoms with E-state index in [-0.39, 0.29) is 12.5 Å². The number of aromatic hydroxyl groups is 1. The van der Waals surface area contributed by atoms with Gasteiger partial charge in [0.25, 0.3) is 0 Å². The first-order valence-electron chi connectivity index (χ1n) is 3.58. The molecule has 1 heterocycles. The predicted octanol–water partition coefficient (Wildman–Crippen LogP) is 1.01. The summed E-state index contributed by atoms with van der Waals surface area (Å²) in [6.45, 7) is 1.93. The van der Waals surface area contributed by atoms with Crippen LogP contribution in [-0.2, 0) is 0 Å². The quantitative estimate of drug-likeness (QED) is 0.447. The van der Waals surface area contributed by atoms with E-state index >= 15 is 0 Å². The molecule has 12 heavy (non-hydrogen) atoms. The van der Waals surface area contributed by atoms with Crippen molar-refractivity contribution in [2.24, 2.45) is 0 Å². The third kappa shape index (κ3) is 0.777. The molecule has 0 aromatic heterocycles. The molecule has 0 bridgehead atoms. The Hall–Kier alpha value is -1.58. The highest BCUT2D eigenvalue weighted by Crippen LogP contribution is 2.43. The van der Waals surface area contributed by atoms with Crippen LogP contribution in [0.5, 0.6) is 17.2 Å². The fraction of sp³-hybridized carbons (Fsp3) is 0.250. The van der Waals surface area contributed by atoms with Crippen molar-refractivity contribution in [3.8, 4) is 17.2 Å². The number of hydrogen-bond acceptors (Lipinski definition) is 4. The summed E-state index contributed by atoms with van der Waals surface area (Å²) in [6.07, 6.45) is 0. The van der Waals surface area contributed by atoms with Crippen LogP contribution in [0.1, 0.15) is 5.56 Å². The van der Waals surface area contributed by atoms with Crippen molar-refractivity contribution in [1.82, 2.24) is 0 Å². The Labute approximate surface area is 69.5 Å². The van der Waals surface area contributed by atoms with Crippen molar-refractivity contribution < 1.29 is 14.6 Å². The third-order valence-corrected chi connectivity index (χ3v) is 1.90. The van der Waals surface area contributed by atoms with Gasteiger partial charge in [-0.25, -0.2) is 0 Å². The van der Waals surface area contributed by atoms with Gasteiger partial charge in [0, 0.05) is 11.6 Å². The molecule has 3 N–H and O–H groups in total. The summed E-state index contributed by atoms with van der Waals surface area (Å²) in [5.41, 5.74) is 6.45. The minimum absolute atomic E-state index is 0.0688. The number of ether oxygens (including phenoxy) is 2. The lowest BCUT2D eigenvalue weighted by atomic mass is 10.1. The molecule has 1 aliphatic rings. The topological polar surface area (TPSA) is 64.7 Å². The minimum atomic E-state index is 0.0688. The normalized spacial score (nSPS) is 13.4. The molecule has 1 aromatic rings. The van der Waals surface area contributed by atoms with Gasteiger partial charge in [-0.05, 0) is 6.92 Å². The summed E-state index contributed by atoms with van der Waals surface area (Å²) in [5, 5.41) is 9.41. The van der Waals surface area contributed by atoms with Gasteiger partial charge in [0.15, 0.2) is 11.5 Å². The number of nitrogen functional groups attached to an aromatic ring is 1. The Bertz CT molecular complexity index is 336. The number of fused-ring (bicyclic) bond motifs is 1. The maximum absolute atomic E-state index is 9.41. The number of nitrogens with two attached hydrogens (primary N) is 1. The molecule has 4 heteroatoms. The van der Waals surface area contributed by atoms with Crippen LogP contribution in [0.4, 0.5) is 5.69 Å². The first-order chi connectivity index (χ1) is 5.70. The summed E-state index contributed by atoms with van der Waals surface area (Å²) >= 11 is 0. The average molecular weight is 167 g/mol. The Morgan fingerprint density at radius 1 is 1.50 bits per heavy atom. The molecule has 2 rings (SSSR count). The van der Waals surface area contributed by atoms with Crippen LogP contribution in [0.3, 0.4) is 0 Å². The van der Waals surface area contributed by atoms with E-state index in [0.29, 0.717) is 22.7 Å². The highest BCUT2D eigenvalue weighted by molar-refractivity contribution is 5.66. The lowest BCUT2D eigenvalue weighted by Crippen LogP contribution is -1.93. The largest absolute Gasteiger partial charge is 0.505 e. The molecule has 0 spiro atoms. The second-order valence-corrected chi connectivity index (χ2v) is 2.67. The lowest BCUT2D eigenvalue weighted by Gasteiger charge is -2.05. The first kappa shape index (κ1) is 7.09. The zero-order chi connectivity index (χ0) is 8.72. The predicted molar refractivity (Wildman–Crippen MR) is 43.4 cm³/mol. The number of phenolic OH excluding ortho intramolecular Hbond substituents is 1. The van der Waals surface area contributed by atoms with Gasteiger partial charge in [0.05, 0.1) is 5.69 Å². The molecule has 0 saturated carbocycles. The summed E-state index contributed by atoms with van der Waals surface area (Å²) in [7, 11) is 0. The van der Waals surface area contributed by atoms with E-state index in [4.69, 9.17) is 15.2 Å². The fourth-order valence-electron chi connectivity index (χ4n) is 1.22. The van der Waals surface area contributed by atoms with Crippen LogP contribution in [0, 0.1) is 6.92 Å². The molecule has 0 saturated heterocycles. The number of anilines is 1. The van der Waals surface area contributed by atoms with Gasteiger partial charge in [0.1, 0.15) is 5.75 Å². The molecule has 0 atom stereocenters. The SMILES string of the molecule is Cc1c(O)c(N)cc2c1OCO2. The summed E-state index contributed by atoms with van der Waals surface area (Å²) in [6, 6.07) is 1.56. The van der Waals surface area contributed by atoms with Crippen molar-refractivity contribution in [3.05, 3.63) is 11.6 Å². The van der Waals surface area contributed by atoms with Gasteiger partial charge in [-0.2, -0.15) is 0 Å². The monoisotopic (exact) mass is 167 g/mol. The van der Waals surface area contributed by atoms with Crippen LogP contribution in [0.25, 0.3) is 0 Å². The van der Waals surface area contributed by atoms with Gasteiger partial charge in [-0.15, -0.1) is 0 Å². The minimum Gasteiger partial charge on any atom is -0.505 e. The standard InChI is InChI=1S/C8H9NO3/c1-4-7(10)5(9)2-6-8(4)12-3-11-6/h2,10H,3,9H2,1H3. The van der Waals surface area contributed by atoms with Crippen molar-refractivity contribution >= 4 is 5.69 Å². The lowest BCUT2D eigenvalue weighted by molar-refractivity contribution is 0.173. The van der Waals surface area contributed by atoms with Crippen LogP contribution < -0.4 is 15.2 Å². The van der Waals surface area contributed by atoms with Gasteiger partial charge >= 0.3 is 0 Å². The highest BCUT2D eigenvalue weighted by Gasteiger charge is 2.20. The number of rotatable bonds is 0. The molecule has 1 aliphatic heterocycles. The molecule has 1 aromatic carbocycles. The average Bonchev–Trinajstić information content (AvgIpc) is 2.48. The van der Waals surface area contributed by atoms with Gasteiger partial charge < -0.3 is 20.3 Å². The molecule has 0 radical (unpaired) electrons. The zero-order valence-electron chi connectivity index (χ0n) is 6.63. The van der Waals surface area contributed by atoms with Gasteiger partial charge in [-0.3, -0.25) is 0 Å².